The number of hydrogen-bond donors (Lipinski definition) is 1. The second-order valence-corrected chi connectivity index (χ2v) is 4.70. The van der Waals surface area contributed by atoms with Crippen molar-refractivity contribution < 1.29 is 23.9 Å². The number of carbonyl (C=O) groups excluding carboxylic acids is 3. The lowest BCUT2D eigenvalue weighted by Gasteiger charge is -2.29. The van der Waals surface area contributed by atoms with Gasteiger partial charge < -0.3 is 14.8 Å². The molecule has 0 aromatic carbocycles. The van der Waals surface area contributed by atoms with Gasteiger partial charge in [0.2, 0.25) is 11.4 Å². The van der Waals surface area contributed by atoms with Gasteiger partial charge in [0, 0.05) is 11.8 Å². The van der Waals surface area contributed by atoms with Crippen LogP contribution in [-0.2, 0) is 23.9 Å². The number of ether oxygens (including phenoxy) is 2. The van der Waals surface area contributed by atoms with Crippen molar-refractivity contribution in [1.82, 2.24) is 5.32 Å². The molecule has 1 aliphatic carbocycles. The van der Waals surface area contributed by atoms with Gasteiger partial charge in [0.1, 0.15) is 0 Å². The maximum Gasteiger partial charge on any atom is 0.344 e. The lowest BCUT2D eigenvalue weighted by Crippen LogP contribution is -2.61. The van der Waals surface area contributed by atoms with E-state index in [-0.39, 0.29) is 25.5 Å². The summed E-state index contributed by atoms with van der Waals surface area (Å²) in [7, 11) is 0. The zero-order valence-electron chi connectivity index (χ0n) is 10.6. The number of esters is 2. The van der Waals surface area contributed by atoms with Gasteiger partial charge in [-0.3, -0.25) is 4.79 Å². The summed E-state index contributed by atoms with van der Waals surface area (Å²) in [6.45, 7) is 3.64. The molecule has 0 radical (unpaired) electrons. The molecular weight excluding hydrogens is 238 g/mol. The van der Waals surface area contributed by atoms with E-state index in [1.165, 1.54) is 0 Å². The Hall–Kier alpha value is -1.59. The maximum atomic E-state index is 12.1. The average molecular weight is 255 g/mol. The molecule has 100 valence electrons. The second kappa shape index (κ2) is 4.26. The lowest BCUT2D eigenvalue weighted by atomic mass is 9.82. The van der Waals surface area contributed by atoms with Crippen LogP contribution in [0.4, 0.5) is 0 Å². The van der Waals surface area contributed by atoms with Crippen LogP contribution in [0.25, 0.3) is 0 Å². The minimum Gasteiger partial charge on any atom is -0.464 e. The summed E-state index contributed by atoms with van der Waals surface area (Å²) >= 11 is 0. The fourth-order valence-electron chi connectivity index (χ4n) is 2.63. The highest BCUT2D eigenvalue weighted by molar-refractivity contribution is 6.12. The summed E-state index contributed by atoms with van der Waals surface area (Å²) in [4.78, 5) is 35.9. The number of rotatable bonds is 4. The normalized spacial score (nSPS) is 22.4. The van der Waals surface area contributed by atoms with Crippen LogP contribution in [0.1, 0.15) is 33.1 Å². The minimum absolute atomic E-state index is 0.159. The highest BCUT2D eigenvalue weighted by Crippen LogP contribution is 2.60. The topological polar surface area (TPSA) is 81.7 Å². The summed E-state index contributed by atoms with van der Waals surface area (Å²) in [5, 5.41) is 2.50. The van der Waals surface area contributed by atoms with E-state index in [0.29, 0.717) is 12.8 Å². The van der Waals surface area contributed by atoms with Gasteiger partial charge in [-0.1, -0.05) is 0 Å². The quantitative estimate of drug-likeness (QED) is 0.571. The molecule has 18 heavy (non-hydrogen) atoms. The number of carbonyl (C=O) groups is 3. The number of amides is 1. The molecular formula is C12H17NO5. The van der Waals surface area contributed by atoms with Gasteiger partial charge in [-0.05, 0) is 26.7 Å². The maximum absolute atomic E-state index is 12.1. The molecule has 1 amide bonds. The van der Waals surface area contributed by atoms with E-state index in [1.54, 1.807) is 13.8 Å². The predicted octanol–water partition coefficient (Wildman–Crippen LogP) is 0.151. The zero-order valence-corrected chi connectivity index (χ0v) is 10.6. The SMILES string of the molecule is CCOC(=O)C1(C(=O)OCC)NC(=O)CC12CC2. The van der Waals surface area contributed by atoms with Crippen LogP contribution in [0.2, 0.25) is 0 Å². The van der Waals surface area contributed by atoms with E-state index < -0.39 is 22.9 Å². The van der Waals surface area contributed by atoms with E-state index in [4.69, 9.17) is 9.47 Å². The first-order valence-corrected chi connectivity index (χ1v) is 6.18. The molecule has 1 spiro atoms. The first kappa shape index (κ1) is 12.9. The van der Waals surface area contributed by atoms with E-state index in [9.17, 15) is 14.4 Å². The van der Waals surface area contributed by atoms with Gasteiger partial charge in [0.15, 0.2) is 0 Å². The summed E-state index contributed by atoms with van der Waals surface area (Å²) in [5.74, 6) is -1.70. The zero-order chi connectivity index (χ0) is 13.4. The van der Waals surface area contributed by atoms with E-state index in [1.807, 2.05) is 0 Å². The van der Waals surface area contributed by atoms with Crippen LogP contribution in [0, 0.1) is 5.41 Å². The van der Waals surface area contributed by atoms with Crippen LogP contribution in [0.3, 0.4) is 0 Å². The summed E-state index contributed by atoms with van der Waals surface area (Å²) in [5.41, 5.74) is -2.27. The van der Waals surface area contributed by atoms with Crippen LogP contribution in [0.5, 0.6) is 0 Å². The lowest BCUT2D eigenvalue weighted by molar-refractivity contribution is -0.169. The molecule has 0 aromatic heterocycles. The van der Waals surface area contributed by atoms with Gasteiger partial charge in [-0.15, -0.1) is 0 Å². The van der Waals surface area contributed by atoms with E-state index in [2.05, 4.69) is 5.32 Å². The van der Waals surface area contributed by atoms with Gasteiger partial charge in [-0.25, -0.2) is 9.59 Å². The van der Waals surface area contributed by atoms with Crippen LogP contribution in [0.15, 0.2) is 0 Å². The van der Waals surface area contributed by atoms with Crippen molar-refractivity contribution in [2.45, 2.75) is 38.6 Å². The highest BCUT2D eigenvalue weighted by Gasteiger charge is 2.74. The van der Waals surface area contributed by atoms with Gasteiger partial charge in [0.05, 0.1) is 13.2 Å². The number of hydrogen-bond acceptors (Lipinski definition) is 5. The first-order valence-electron chi connectivity index (χ1n) is 6.18. The third-order valence-corrected chi connectivity index (χ3v) is 3.64. The molecule has 0 bridgehead atoms. The molecule has 0 aromatic rings. The second-order valence-electron chi connectivity index (χ2n) is 4.70. The largest absolute Gasteiger partial charge is 0.464 e. The van der Waals surface area contributed by atoms with Gasteiger partial charge >= 0.3 is 11.9 Å². The third kappa shape index (κ3) is 1.59. The van der Waals surface area contributed by atoms with Crippen LogP contribution in [-0.4, -0.2) is 36.6 Å². The van der Waals surface area contributed by atoms with E-state index in [0.717, 1.165) is 0 Å². The molecule has 2 rings (SSSR count). The Bertz CT molecular complexity index is 381. The van der Waals surface area contributed by atoms with Gasteiger partial charge in [-0.2, -0.15) is 0 Å². The standard InChI is InChI=1S/C12H17NO5/c1-3-17-9(15)12(10(16)18-4-2)11(5-6-11)7-8(14)13-12/h3-7H2,1-2H3,(H,13,14). The van der Waals surface area contributed by atoms with Gasteiger partial charge in [0.25, 0.3) is 0 Å². The summed E-state index contributed by atoms with van der Waals surface area (Å²) < 4.78 is 9.93. The molecule has 1 N–H and O–H groups in total. The van der Waals surface area contributed by atoms with Crippen molar-refractivity contribution in [2.75, 3.05) is 13.2 Å². The van der Waals surface area contributed by atoms with Crippen molar-refractivity contribution in [2.24, 2.45) is 5.41 Å². The van der Waals surface area contributed by atoms with Crippen molar-refractivity contribution >= 4 is 17.8 Å². The molecule has 2 fully saturated rings. The molecule has 0 atom stereocenters. The molecule has 1 saturated carbocycles. The molecule has 1 aliphatic heterocycles. The highest BCUT2D eigenvalue weighted by atomic mass is 16.6. The summed E-state index contributed by atoms with van der Waals surface area (Å²) in [6, 6.07) is 0. The summed E-state index contributed by atoms with van der Waals surface area (Å²) in [6.07, 6.45) is 1.50. The Morgan fingerprint density at radius 2 is 1.67 bits per heavy atom. The van der Waals surface area contributed by atoms with Crippen molar-refractivity contribution in [1.29, 1.82) is 0 Å². The Balaban J connectivity index is 2.37. The molecule has 6 nitrogen and oxygen atoms in total. The Morgan fingerprint density at radius 1 is 1.17 bits per heavy atom. The molecule has 1 saturated heterocycles. The Morgan fingerprint density at radius 3 is 2.06 bits per heavy atom. The van der Waals surface area contributed by atoms with Crippen LogP contribution >= 0.6 is 0 Å². The fraction of sp³-hybridized carbons (Fsp3) is 0.750. The smallest absolute Gasteiger partial charge is 0.344 e. The molecule has 0 unspecified atom stereocenters. The Labute approximate surface area is 105 Å². The monoisotopic (exact) mass is 255 g/mol. The third-order valence-electron chi connectivity index (χ3n) is 3.64. The van der Waals surface area contributed by atoms with Crippen molar-refractivity contribution in [3.05, 3.63) is 0 Å². The number of nitrogens with one attached hydrogen (secondary N) is 1. The van der Waals surface area contributed by atoms with Crippen molar-refractivity contribution in [3.63, 3.8) is 0 Å². The average Bonchev–Trinajstić information content (AvgIpc) is 2.99. The van der Waals surface area contributed by atoms with Crippen LogP contribution < -0.4 is 5.32 Å². The van der Waals surface area contributed by atoms with E-state index >= 15 is 0 Å². The molecule has 1 heterocycles. The van der Waals surface area contributed by atoms with Crippen molar-refractivity contribution in [3.8, 4) is 0 Å². The minimum atomic E-state index is -1.63. The molecule has 6 heteroatoms. The fourth-order valence-corrected chi connectivity index (χ4v) is 2.63. The molecule has 2 aliphatic rings. The first-order chi connectivity index (χ1) is 8.52. The Kier molecular flexibility index (Phi) is 3.04. The predicted molar refractivity (Wildman–Crippen MR) is 60.4 cm³/mol.